The van der Waals surface area contributed by atoms with E-state index in [1.807, 2.05) is 31.2 Å². The summed E-state index contributed by atoms with van der Waals surface area (Å²) in [5, 5.41) is 25.4. The Morgan fingerprint density at radius 1 is 1.18 bits per heavy atom. The van der Waals surface area contributed by atoms with Crippen LogP contribution in [0.1, 0.15) is 55.6 Å². The molecule has 6 rings (SSSR count). The van der Waals surface area contributed by atoms with Crippen LogP contribution in [0.5, 0.6) is 0 Å². The van der Waals surface area contributed by atoms with E-state index >= 15 is 0 Å². The quantitative estimate of drug-likeness (QED) is 0.323. The smallest absolute Gasteiger partial charge is 0.338 e. The number of aromatic nitrogens is 5. The summed E-state index contributed by atoms with van der Waals surface area (Å²) in [4.78, 5) is 31.5. The van der Waals surface area contributed by atoms with Crippen LogP contribution in [-0.2, 0) is 16.8 Å². The van der Waals surface area contributed by atoms with E-state index in [0.717, 1.165) is 35.2 Å². The number of carbonyl (C=O) groups excluding carboxylic acids is 2. The Bertz CT molecular complexity index is 1530. The van der Waals surface area contributed by atoms with Crippen LogP contribution in [0, 0.1) is 6.92 Å². The fourth-order valence-electron chi connectivity index (χ4n) is 5.73. The largest absolute Gasteiger partial charge is 0.457 e. The first-order valence-electron chi connectivity index (χ1n) is 13.2. The highest BCUT2D eigenvalue weighted by Crippen LogP contribution is 2.36. The standard InChI is InChI=1S/C29H29N7O4/c1-19-22(8-9-23-24(19)15-40-28(23)39)26(37)14-35-12-11-29(17-35,20-5-3-2-4-6-20)16-31-27(38)25-10-7-21(13-30-25)36-18-32-33-34-36/h2-10,13,18,26,37H,11-12,14-17H2,1H3,(H,31,38). The number of fused-ring (bicyclic) bond motifs is 1. The van der Waals surface area contributed by atoms with Crippen molar-refractivity contribution in [3.05, 3.63) is 101 Å². The highest BCUT2D eigenvalue weighted by atomic mass is 16.5. The van der Waals surface area contributed by atoms with Gasteiger partial charge in [-0.1, -0.05) is 36.4 Å². The number of benzene rings is 2. The molecule has 2 aliphatic rings. The van der Waals surface area contributed by atoms with Gasteiger partial charge in [0.1, 0.15) is 18.6 Å². The van der Waals surface area contributed by atoms with Crippen LogP contribution < -0.4 is 5.32 Å². The number of aliphatic hydroxyl groups excluding tert-OH is 1. The summed E-state index contributed by atoms with van der Waals surface area (Å²) < 4.78 is 6.64. The van der Waals surface area contributed by atoms with Gasteiger partial charge in [0.2, 0.25) is 0 Å². The number of hydrogen-bond acceptors (Lipinski definition) is 9. The van der Waals surface area contributed by atoms with E-state index in [1.54, 1.807) is 24.4 Å². The van der Waals surface area contributed by atoms with Gasteiger partial charge in [0, 0.05) is 30.6 Å². The summed E-state index contributed by atoms with van der Waals surface area (Å²) in [6.45, 7) is 4.48. The number of tetrazole rings is 1. The summed E-state index contributed by atoms with van der Waals surface area (Å²) in [5.41, 5.74) is 4.91. The zero-order chi connectivity index (χ0) is 27.7. The first-order valence-corrected chi connectivity index (χ1v) is 13.2. The molecule has 0 aliphatic carbocycles. The minimum Gasteiger partial charge on any atom is -0.457 e. The Balaban J connectivity index is 1.15. The Kier molecular flexibility index (Phi) is 6.82. The minimum atomic E-state index is -0.718. The van der Waals surface area contributed by atoms with Crippen LogP contribution in [0.15, 0.2) is 67.1 Å². The van der Waals surface area contributed by atoms with Crippen LogP contribution in [0.2, 0.25) is 0 Å². The fourth-order valence-corrected chi connectivity index (χ4v) is 5.73. The van der Waals surface area contributed by atoms with Gasteiger partial charge in [-0.2, -0.15) is 4.68 Å². The second-order valence-corrected chi connectivity index (χ2v) is 10.4. The Morgan fingerprint density at radius 3 is 2.77 bits per heavy atom. The van der Waals surface area contributed by atoms with Crippen molar-refractivity contribution in [2.45, 2.75) is 31.5 Å². The van der Waals surface area contributed by atoms with Crippen LogP contribution >= 0.6 is 0 Å². The molecule has 1 fully saturated rings. The van der Waals surface area contributed by atoms with Crippen molar-refractivity contribution >= 4 is 11.9 Å². The number of carbonyl (C=O) groups is 2. The minimum absolute atomic E-state index is 0.246. The first-order chi connectivity index (χ1) is 19.4. The van der Waals surface area contributed by atoms with Crippen LogP contribution in [-0.4, -0.2) is 73.3 Å². The molecule has 4 aromatic rings. The molecule has 0 spiro atoms. The number of esters is 1. The lowest BCUT2D eigenvalue weighted by Gasteiger charge is -2.31. The number of nitrogens with zero attached hydrogens (tertiary/aromatic N) is 6. The molecule has 11 nitrogen and oxygen atoms in total. The molecule has 0 radical (unpaired) electrons. The van der Waals surface area contributed by atoms with E-state index in [1.165, 1.54) is 11.0 Å². The molecule has 204 valence electrons. The third kappa shape index (κ3) is 4.85. The van der Waals surface area contributed by atoms with Crippen molar-refractivity contribution in [2.24, 2.45) is 0 Å². The predicted molar refractivity (Wildman–Crippen MR) is 144 cm³/mol. The normalized spacial score (nSPS) is 19.3. The number of amides is 1. The van der Waals surface area contributed by atoms with Gasteiger partial charge in [-0.05, 0) is 65.2 Å². The van der Waals surface area contributed by atoms with Crippen molar-refractivity contribution in [2.75, 3.05) is 26.2 Å². The van der Waals surface area contributed by atoms with Gasteiger partial charge in [0.25, 0.3) is 5.91 Å². The number of likely N-dealkylation sites (tertiary alicyclic amines) is 1. The second-order valence-electron chi connectivity index (χ2n) is 10.4. The highest BCUT2D eigenvalue weighted by Gasteiger charge is 2.40. The maximum Gasteiger partial charge on any atom is 0.338 e. The molecule has 0 saturated carbocycles. The SMILES string of the molecule is Cc1c(C(O)CN2CCC(CNC(=O)c3ccc(-n4cnnn4)cn3)(c3ccccc3)C2)ccc2c1COC2=O. The van der Waals surface area contributed by atoms with Crippen molar-refractivity contribution in [1.29, 1.82) is 0 Å². The lowest BCUT2D eigenvalue weighted by Crippen LogP contribution is -2.43. The van der Waals surface area contributed by atoms with Gasteiger partial charge in [-0.25, -0.2) is 9.78 Å². The maximum absolute atomic E-state index is 13.1. The predicted octanol–water partition coefficient (Wildman–Crippen LogP) is 2.14. The van der Waals surface area contributed by atoms with Gasteiger partial charge in [0.15, 0.2) is 0 Å². The third-order valence-corrected chi connectivity index (χ3v) is 8.00. The lowest BCUT2D eigenvalue weighted by molar-refractivity contribution is 0.0534. The van der Waals surface area contributed by atoms with Crippen LogP contribution in [0.4, 0.5) is 0 Å². The third-order valence-electron chi connectivity index (χ3n) is 8.00. The van der Waals surface area contributed by atoms with Crippen LogP contribution in [0.25, 0.3) is 5.69 Å². The van der Waals surface area contributed by atoms with Gasteiger partial charge in [0.05, 0.1) is 23.6 Å². The molecule has 4 heterocycles. The Hall–Kier alpha value is -4.48. The average molecular weight is 540 g/mol. The summed E-state index contributed by atoms with van der Waals surface area (Å²) in [5.74, 6) is -0.574. The number of cyclic esters (lactones) is 1. The molecule has 2 atom stereocenters. The highest BCUT2D eigenvalue weighted by molar-refractivity contribution is 5.94. The first kappa shape index (κ1) is 25.8. The molecular formula is C29H29N7O4. The molecule has 2 aromatic carbocycles. The summed E-state index contributed by atoms with van der Waals surface area (Å²) in [6, 6.07) is 17.1. The fraction of sp³-hybridized carbons (Fsp3) is 0.310. The van der Waals surface area contributed by atoms with E-state index in [-0.39, 0.29) is 23.9 Å². The monoisotopic (exact) mass is 539 g/mol. The number of pyridine rings is 1. The summed E-state index contributed by atoms with van der Waals surface area (Å²) in [7, 11) is 0. The number of rotatable bonds is 8. The molecular weight excluding hydrogens is 510 g/mol. The summed E-state index contributed by atoms with van der Waals surface area (Å²) >= 11 is 0. The second kappa shape index (κ2) is 10.6. The van der Waals surface area contributed by atoms with Gasteiger partial charge in [-0.15, -0.1) is 5.10 Å². The van der Waals surface area contributed by atoms with Gasteiger partial charge >= 0.3 is 5.97 Å². The van der Waals surface area contributed by atoms with E-state index in [9.17, 15) is 14.7 Å². The van der Waals surface area contributed by atoms with E-state index in [2.05, 4.69) is 42.9 Å². The molecule has 40 heavy (non-hydrogen) atoms. The molecule has 2 N–H and O–H groups in total. The molecule has 1 amide bonds. The number of hydrogen-bond donors (Lipinski definition) is 2. The van der Waals surface area contributed by atoms with E-state index in [4.69, 9.17) is 4.74 Å². The number of β-amino-alcohol motifs (C(OH)–C–C–N with tert-alkyl or cyclic N) is 1. The molecule has 0 bridgehead atoms. The zero-order valence-corrected chi connectivity index (χ0v) is 22.0. The molecule has 2 aliphatic heterocycles. The Labute approximate surface area is 230 Å². The topological polar surface area (TPSA) is 135 Å². The number of ether oxygens (including phenoxy) is 1. The molecule has 2 aromatic heterocycles. The molecule has 11 heteroatoms. The van der Waals surface area contributed by atoms with Gasteiger partial charge in [-0.3, -0.25) is 9.69 Å². The molecule has 1 saturated heterocycles. The van der Waals surface area contributed by atoms with Crippen LogP contribution in [0.3, 0.4) is 0 Å². The Morgan fingerprint density at radius 2 is 2.02 bits per heavy atom. The summed E-state index contributed by atoms with van der Waals surface area (Å²) in [6.07, 6.45) is 3.12. The number of aliphatic hydroxyl groups is 1. The van der Waals surface area contributed by atoms with Crippen molar-refractivity contribution < 1.29 is 19.4 Å². The van der Waals surface area contributed by atoms with E-state index in [0.29, 0.717) is 36.6 Å². The zero-order valence-electron chi connectivity index (χ0n) is 22.0. The number of nitrogens with one attached hydrogen (secondary N) is 1. The molecule has 2 unspecified atom stereocenters. The van der Waals surface area contributed by atoms with E-state index < -0.39 is 6.10 Å². The lowest BCUT2D eigenvalue weighted by atomic mass is 9.79. The van der Waals surface area contributed by atoms with Crippen molar-refractivity contribution in [1.82, 2.24) is 35.4 Å². The average Bonchev–Trinajstić information content (AvgIpc) is 3.74. The van der Waals surface area contributed by atoms with Gasteiger partial charge < -0.3 is 15.2 Å². The van der Waals surface area contributed by atoms with Crippen molar-refractivity contribution in [3.8, 4) is 5.69 Å². The maximum atomic E-state index is 13.1. The van der Waals surface area contributed by atoms with Crippen molar-refractivity contribution in [3.63, 3.8) is 0 Å².